The van der Waals surface area contributed by atoms with Gasteiger partial charge in [0.15, 0.2) is 6.10 Å². The van der Waals surface area contributed by atoms with Crippen LogP contribution in [0, 0.1) is 0 Å². The van der Waals surface area contributed by atoms with Crippen LogP contribution in [0.4, 0.5) is 0 Å². The summed E-state index contributed by atoms with van der Waals surface area (Å²) in [5.41, 5.74) is 0. The van der Waals surface area contributed by atoms with Crippen molar-refractivity contribution in [3.8, 4) is 0 Å². The fourth-order valence-corrected chi connectivity index (χ4v) is 8.71. The summed E-state index contributed by atoms with van der Waals surface area (Å²) >= 11 is 0. The van der Waals surface area contributed by atoms with E-state index in [-0.39, 0.29) is 25.2 Å². The van der Waals surface area contributed by atoms with Crippen molar-refractivity contribution < 1.29 is 24.2 Å². The van der Waals surface area contributed by atoms with Gasteiger partial charge in [-0.3, -0.25) is 9.59 Å². The summed E-state index contributed by atoms with van der Waals surface area (Å²) in [6, 6.07) is 0. The van der Waals surface area contributed by atoms with Crippen molar-refractivity contribution in [1.29, 1.82) is 0 Å². The van der Waals surface area contributed by atoms with Crippen LogP contribution >= 0.6 is 0 Å². The number of unbranched alkanes of at least 4 members (excludes halogenated alkanes) is 41. The minimum absolute atomic E-state index is 0.0607. The Bertz CT molecular complexity index is 959. The molecule has 0 bridgehead atoms. The lowest BCUT2D eigenvalue weighted by Gasteiger charge is -2.15. The largest absolute Gasteiger partial charge is 0.462 e. The molecular formula is C58H110O5. The molecule has 0 rings (SSSR count). The van der Waals surface area contributed by atoms with Crippen molar-refractivity contribution in [1.82, 2.24) is 0 Å². The molecule has 0 aromatic heterocycles. The van der Waals surface area contributed by atoms with Crippen molar-refractivity contribution in [2.24, 2.45) is 0 Å². The van der Waals surface area contributed by atoms with Crippen LogP contribution in [-0.2, 0) is 19.1 Å². The maximum absolute atomic E-state index is 12.3. The van der Waals surface area contributed by atoms with E-state index in [1.165, 1.54) is 250 Å². The Kier molecular flexibility index (Phi) is 53.3. The topological polar surface area (TPSA) is 72.8 Å². The average molecular weight is 888 g/mol. The highest BCUT2D eigenvalue weighted by Gasteiger charge is 2.16. The Balaban J connectivity index is 3.43. The SMILES string of the molecule is CCCCCCC/C=C\C/C=C\CCCCCCCCCCCCCC(=O)OC(CO)COC(=O)CCCCCCCCCCCCCCCCCCCCCCCCCCCC. The summed E-state index contributed by atoms with van der Waals surface area (Å²) < 4.78 is 10.7. The zero-order valence-electron chi connectivity index (χ0n) is 42.6. The highest BCUT2D eigenvalue weighted by molar-refractivity contribution is 5.70. The number of carbonyl (C=O) groups is 2. The molecule has 1 atom stereocenters. The fourth-order valence-electron chi connectivity index (χ4n) is 8.71. The summed E-state index contributed by atoms with van der Waals surface area (Å²) in [7, 11) is 0. The molecule has 5 heteroatoms. The number of hydrogen-bond acceptors (Lipinski definition) is 5. The fraction of sp³-hybridized carbons (Fsp3) is 0.897. The molecule has 1 N–H and O–H groups in total. The predicted molar refractivity (Wildman–Crippen MR) is 275 cm³/mol. The molecule has 0 radical (unpaired) electrons. The van der Waals surface area contributed by atoms with Gasteiger partial charge in [0.25, 0.3) is 0 Å². The van der Waals surface area contributed by atoms with Gasteiger partial charge in [0.1, 0.15) is 6.61 Å². The third-order valence-electron chi connectivity index (χ3n) is 13.0. The second-order valence-corrected chi connectivity index (χ2v) is 19.4. The Hall–Kier alpha value is -1.62. The molecule has 0 saturated carbocycles. The van der Waals surface area contributed by atoms with E-state index in [0.717, 1.165) is 38.5 Å². The molecule has 63 heavy (non-hydrogen) atoms. The highest BCUT2D eigenvalue weighted by Crippen LogP contribution is 2.17. The smallest absolute Gasteiger partial charge is 0.306 e. The van der Waals surface area contributed by atoms with Gasteiger partial charge in [0, 0.05) is 12.8 Å². The van der Waals surface area contributed by atoms with Gasteiger partial charge in [0.2, 0.25) is 0 Å². The summed E-state index contributed by atoms with van der Waals surface area (Å²) in [5.74, 6) is -0.574. The van der Waals surface area contributed by atoms with Gasteiger partial charge < -0.3 is 14.6 Å². The summed E-state index contributed by atoms with van der Waals surface area (Å²) in [4.78, 5) is 24.5. The molecule has 0 heterocycles. The van der Waals surface area contributed by atoms with Crippen molar-refractivity contribution in [3.05, 3.63) is 24.3 Å². The van der Waals surface area contributed by atoms with E-state index in [1.54, 1.807) is 0 Å². The number of hydrogen-bond donors (Lipinski definition) is 1. The maximum atomic E-state index is 12.3. The Morgan fingerprint density at radius 3 is 0.937 bits per heavy atom. The standard InChI is InChI=1S/C58H110O5/c1-3-5-7-9-11-13-15-17-19-21-23-25-27-28-29-31-32-34-36-38-40-42-44-46-48-50-52-57(60)62-55-56(54-59)63-58(61)53-51-49-47-45-43-41-39-37-35-33-30-26-24-22-20-18-16-14-12-10-8-6-4-2/h16,18,22,24,56,59H,3-15,17,19-21,23,25-55H2,1-2H3/b18-16-,24-22-. The quantitative estimate of drug-likeness (QED) is 0.0374. The van der Waals surface area contributed by atoms with Gasteiger partial charge in [-0.15, -0.1) is 0 Å². The number of allylic oxidation sites excluding steroid dienone is 4. The third kappa shape index (κ3) is 52.9. The van der Waals surface area contributed by atoms with Crippen LogP contribution in [0.1, 0.15) is 316 Å². The van der Waals surface area contributed by atoms with E-state index in [4.69, 9.17) is 9.47 Å². The molecule has 0 fully saturated rings. The summed E-state index contributed by atoms with van der Waals surface area (Å²) in [5, 5.41) is 9.65. The lowest BCUT2D eigenvalue weighted by Crippen LogP contribution is -2.28. The minimum Gasteiger partial charge on any atom is -0.462 e. The zero-order chi connectivity index (χ0) is 45.6. The first-order valence-corrected chi connectivity index (χ1v) is 28.4. The van der Waals surface area contributed by atoms with Crippen LogP contribution in [0.25, 0.3) is 0 Å². The van der Waals surface area contributed by atoms with E-state index < -0.39 is 6.10 Å². The third-order valence-corrected chi connectivity index (χ3v) is 13.0. The van der Waals surface area contributed by atoms with Crippen LogP contribution in [0.2, 0.25) is 0 Å². The first kappa shape index (κ1) is 61.4. The molecule has 0 amide bonds. The molecule has 5 nitrogen and oxygen atoms in total. The molecule has 0 aromatic carbocycles. The number of ether oxygens (including phenoxy) is 2. The van der Waals surface area contributed by atoms with Crippen LogP contribution in [0.15, 0.2) is 24.3 Å². The molecule has 0 aromatic rings. The van der Waals surface area contributed by atoms with E-state index >= 15 is 0 Å². The molecule has 0 spiro atoms. The second-order valence-electron chi connectivity index (χ2n) is 19.4. The van der Waals surface area contributed by atoms with Gasteiger partial charge in [-0.05, 0) is 44.9 Å². The molecule has 372 valence electrons. The van der Waals surface area contributed by atoms with Crippen molar-refractivity contribution in [2.45, 2.75) is 322 Å². The predicted octanol–water partition coefficient (Wildman–Crippen LogP) is 18.9. The Morgan fingerprint density at radius 1 is 0.365 bits per heavy atom. The van der Waals surface area contributed by atoms with Gasteiger partial charge in [-0.1, -0.05) is 282 Å². The van der Waals surface area contributed by atoms with Crippen LogP contribution in [0.5, 0.6) is 0 Å². The first-order valence-electron chi connectivity index (χ1n) is 28.4. The first-order chi connectivity index (χ1) is 31.1. The Labute approximate surface area is 394 Å². The molecule has 0 aliphatic rings. The number of aliphatic hydroxyl groups is 1. The summed E-state index contributed by atoms with van der Waals surface area (Å²) in [6.07, 6.45) is 68.7. The van der Waals surface area contributed by atoms with Crippen LogP contribution in [0.3, 0.4) is 0 Å². The lowest BCUT2D eigenvalue weighted by molar-refractivity contribution is -0.161. The van der Waals surface area contributed by atoms with E-state index in [2.05, 4.69) is 38.2 Å². The van der Waals surface area contributed by atoms with Gasteiger partial charge in [-0.25, -0.2) is 0 Å². The Morgan fingerprint density at radius 2 is 0.635 bits per heavy atom. The normalized spacial score (nSPS) is 12.2. The maximum Gasteiger partial charge on any atom is 0.306 e. The molecule has 0 saturated heterocycles. The number of carbonyl (C=O) groups excluding carboxylic acids is 2. The van der Waals surface area contributed by atoms with Gasteiger partial charge in [-0.2, -0.15) is 0 Å². The molecular weight excluding hydrogens is 777 g/mol. The van der Waals surface area contributed by atoms with Crippen LogP contribution in [-0.4, -0.2) is 36.4 Å². The molecule has 0 aliphatic carbocycles. The van der Waals surface area contributed by atoms with E-state index in [9.17, 15) is 14.7 Å². The van der Waals surface area contributed by atoms with Crippen molar-refractivity contribution in [2.75, 3.05) is 13.2 Å². The number of aliphatic hydroxyl groups excluding tert-OH is 1. The number of rotatable bonds is 53. The molecule has 0 aliphatic heterocycles. The van der Waals surface area contributed by atoms with Crippen molar-refractivity contribution in [3.63, 3.8) is 0 Å². The summed E-state index contributed by atoms with van der Waals surface area (Å²) in [6.45, 7) is 4.18. The van der Waals surface area contributed by atoms with Crippen LogP contribution < -0.4 is 0 Å². The van der Waals surface area contributed by atoms with E-state index in [1.807, 2.05) is 0 Å². The lowest BCUT2D eigenvalue weighted by atomic mass is 10.0. The monoisotopic (exact) mass is 887 g/mol. The molecule has 1 unspecified atom stereocenters. The van der Waals surface area contributed by atoms with E-state index in [0.29, 0.717) is 12.8 Å². The van der Waals surface area contributed by atoms with Gasteiger partial charge >= 0.3 is 11.9 Å². The zero-order valence-corrected chi connectivity index (χ0v) is 42.6. The average Bonchev–Trinajstić information content (AvgIpc) is 3.29. The van der Waals surface area contributed by atoms with Crippen molar-refractivity contribution >= 4 is 11.9 Å². The highest BCUT2D eigenvalue weighted by atomic mass is 16.6. The second kappa shape index (κ2) is 54.7. The minimum atomic E-state index is -0.770. The number of esters is 2. The van der Waals surface area contributed by atoms with Gasteiger partial charge in [0.05, 0.1) is 6.61 Å².